The molecule has 9 nitrogen and oxygen atoms in total. The van der Waals surface area contributed by atoms with Crippen molar-refractivity contribution in [1.29, 1.82) is 0 Å². The standard InChI is InChI=1S/C26H41N7O2/c1-3-7-20(25(35)19-8-4-5-9-21(19)34)24(27)26-29-22(32-12-6-10-28-11-13-32)18-23(30-26)33-16-14-31(2)15-17-33/h18-19,28H,3-17,27H2,1-2H3/b24-20-/t19-/m0/s1. The minimum Gasteiger partial charge on any atom is -0.395 e. The molecule has 9 heteroatoms. The molecule has 3 heterocycles. The van der Waals surface area contributed by atoms with Crippen molar-refractivity contribution < 1.29 is 9.59 Å². The number of nitrogens with zero attached hydrogens (tertiary/aromatic N) is 5. The zero-order valence-electron chi connectivity index (χ0n) is 21.4. The Morgan fingerprint density at radius 2 is 1.74 bits per heavy atom. The van der Waals surface area contributed by atoms with Gasteiger partial charge < -0.3 is 25.8 Å². The molecule has 3 aliphatic rings. The van der Waals surface area contributed by atoms with Gasteiger partial charge in [-0.05, 0) is 39.3 Å². The summed E-state index contributed by atoms with van der Waals surface area (Å²) in [4.78, 5) is 42.7. The molecule has 3 fully saturated rings. The Hall–Kier alpha value is -2.52. The van der Waals surface area contributed by atoms with Crippen molar-refractivity contribution in [2.24, 2.45) is 11.7 Å². The summed E-state index contributed by atoms with van der Waals surface area (Å²) in [5.41, 5.74) is 7.55. The largest absolute Gasteiger partial charge is 0.395 e. The molecular weight excluding hydrogens is 442 g/mol. The highest BCUT2D eigenvalue weighted by atomic mass is 16.2. The van der Waals surface area contributed by atoms with Crippen molar-refractivity contribution in [3.8, 4) is 0 Å². The summed E-state index contributed by atoms with van der Waals surface area (Å²) < 4.78 is 0. The van der Waals surface area contributed by atoms with Gasteiger partial charge in [0.1, 0.15) is 17.4 Å². The van der Waals surface area contributed by atoms with Gasteiger partial charge in [-0.15, -0.1) is 0 Å². The highest BCUT2D eigenvalue weighted by Gasteiger charge is 2.32. The van der Waals surface area contributed by atoms with Gasteiger partial charge in [-0.2, -0.15) is 0 Å². The molecule has 1 saturated carbocycles. The van der Waals surface area contributed by atoms with Crippen molar-refractivity contribution >= 4 is 28.9 Å². The van der Waals surface area contributed by atoms with Crippen LogP contribution in [0, 0.1) is 5.92 Å². The first kappa shape index (κ1) is 25.6. The highest BCUT2D eigenvalue weighted by Crippen LogP contribution is 2.29. The van der Waals surface area contributed by atoms with E-state index in [0.29, 0.717) is 36.4 Å². The summed E-state index contributed by atoms with van der Waals surface area (Å²) in [6.07, 6.45) is 5.21. The predicted molar refractivity (Wildman–Crippen MR) is 139 cm³/mol. The first-order valence-corrected chi connectivity index (χ1v) is 13.3. The molecule has 1 aromatic heterocycles. The molecule has 2 saturated heterocycles. The first-order chi connectivity index (χ1) is 17.0. The number of hydrogen-bond acceptors (Lipinski definition) is 9. The number of aromatic nitrogens is 2. The number of Topliss-reactive ketones (excluding diaryl/α,β-unsaturated/α-hetero) is 2. The molecule has 1 aromatic rings. The van der Waals surface area contributed by atoms with Gasteiger partial charge in [-0.1, -0.05) is 19.8 Å². The normalized spacial score (nSPS) is 23.1. The van der Waals surface area contributed by atoms with Gasteiger partial charge in [-0.25, -0.2) is 9.97 Å². The molecule has 3 N–H and O–H groups in total. The smallest absolute Gasteiger partial charge is 0.179 e. The fraction of sp³-hybridized carbons (Fsp3) is 0.692. The topological polar surface area (TPSA) is 108 Å². The zero-order valence-corrected chi connectivity index (χ0v) is 21.4. The fourth-order valence-corrected chi connectivity index (χ4v) is 5.22. The molecule has 1 atom stereocenters. The molecule has 192 valence electrons. The number of anilines is 2. The fourth-order valence-electron chi connectivity index (χ4n) is 5.22. The molecule has 0 spiro atoms. The van der Waals surface area contributed by atoms with Gasteiger partial charge in [0.05, 0.1) is 11.6 Å². The highest BCUT2D eigenvalue weighted by molar-refractivity contribution is 6.13. The summed E-state index contributed by atoms with van der Waals surface area (Å²) in [7, 11) is 2.13. The second-order valence-corrected chi connectivity index (χ2v) is 10.1. The maximum atomic E-state index is 13.5. The maximum absolute atomic E-state index is 13.5. The van der Waals surface area contributed by atoms with E-state index in [4.69, 9.17) is 15.7 Å². The number of ketones is 2. The van der Waals surface area contributed by atoms with Crippen LogP contribution < -0.4 is 20.9 Å². The number of carbonyl (C=O) groups is 2. The monoisotopic (exact) mass is 483 g/mol. The van der Waals surface area contributed by atoms with E-state index in [1.807, 2.05) is 6.92 Å². The predicted octanol–water partition coefficient (Wildman–Crippen LogP) is 1.83. The Balaban J connectivity index is 1.73. The van der Waals surface area contributed by atoms with Crippen LogP contribution in [-0.4, -0.2) is 85.8 Å². The second kappa shape index (κ2) is 11.9. The molecule has 0 unspecified atom stereocenters. The van der Waals surface area contributed by atoms with E-state index in [-0.39, 0.29) is 11.6 Å². The van der Waals surface area contributed by atoms with E-state index in [1.54, 1.807) is 0 Å². The van der Waals surface area contributed by atoms with Crippen LogP contribution in [0.1, 0.15) is 57.7 Å². The molecule has 2 aliphatic heterocycles. The van der Waals surface area contributed by atoms with Crippen LogP contribution in [0.4, 0.5) is 11.6 Å². The van der Waals surface area contributed by atoms with E-state index < -0.39 is 5.92 Å². The third kappa shape index (κ3) is 6.19. The van der Waals surface area contributed by atoms with Crippen LogP contribution >= 0.6 is 0 Å². The van der Waals surface area contributed by atoms with E-state index >= 15 is 0 Å². The molecule has 1 aliphatic carbocycles. The summed E-state index contributed by atoms with van der Waals surface area (Å²) in [5, 5.41) is 3.45. The van der Waals surface area contributed by atoms with Crippen LogP contribution in [-0.2, 0) is 9.59 Å². The average molecular weight is 484 g/mol. The number of carbonyl (C=O) groups excluding carboxylic acids is 2. The zero-order chi connectivity index (χ0) is 24.8. The molecule has 0 bridgehead atoms. The van der Waals surface area contributed by atoms with Gasteiger partial charge in [-0.3, -0.25) is 9.59 Å². The Bertz CT molecular complexity index is 932. The van der Waals surface area contributed by atoms with Crippen molar-refractivity contribution in [3.05, 3.63) is 17.5 Å². The summed E-state index contributed by atoms with van der Waals surface area (Å²) in [6, 6.07) is 2.07. The third-order valence-corrected chi connectivity index (χ3v) is 7.43. The minimum absolute atomic E-state index is 0.0486. The number of piperazine rings is 1. The van der Waals surface area contributed by atoms with Gasteiger partial charge >= 0.3 is 0 Å². The minimum atomic E-state index is -0.569. The van der Waals surface area contributed by atoms with E-state index in [1.165, 1.54) is 0 Å². The molecule has 0 radical (unpaired) electrons. The van der Waals surface area contributed by atoms with Crippen LogP contribution in [0.2, 0.25) is 0 Å². The van der Waals surface area contributed by atoms with E-state index in [2.05, 4.69) is 33.1 Å². The third-order valence-electron chi connectivity index (χ3n) is 7.43. The Morgan fingerprint density at radius 3 is 2.43 bits per heavy atom. The number of likely N-dealkylation sites (N-methyl/N-ethyl adjacent to an activating group) is 1. The lowest BCUT2D eigenvalue weighted by Crippen LogP contribution is -2.45. The van der Waals surface area contributed by atoms with E-state index in [0.717, 1.165) is 89.7 Å². The number of nitrogens with one attached hydrogen (secondary N) is 1. The van der Waals surface area contributed by atoms with Crippen molar-refractivity contribution in [1.82, 2.24) is 20.2 Å². The van der Waals surface area contributed by atoms with Gasteiger partial charge in [0.25, 0.3) is 0 Å². The Labute approximate surface area is 209 Å². The molecule has 0 aromatic carbocycles. The number of nitrogens with two attached hydrogens (primary N) is 1. The molecular formula is C26H41N7O2. The lowest BCUT2D eigenvalue weighted by molar-refractivity contribution is -0.132. The van der Waals surface area contributed by atoms with E-state index in [9.17, 15) is 9.59 Å². The number of hydrogen-bond donors (Lipinski definition) is 2. The SMILES string of the molecule is CCC/C(C(=O)[C@H]1CCCCC1=O)=C(/N)c1nc(N2CCCNCC2)cc(N2CCN(C)CC2)n1. The van der Waals surface area contributed by atoms with Crippen molar-refractivity contribution in [2.45, 2.75) is 51.9 Å². The van der Waals surface area contributed by atoms with Gasteiger partial charge in [0.15, 0.2) is 11.6 Å². The molecule has 0 amide bonds. The summed E-state index contributed by atoms with van der Waals surface area (Å²) in [6.45, 7) is 9.40. The van der Waals surface area contributed by atoms with Crippen LogP contribution in [0.3, 0.4) is 0 Å². The molecule has 35 heavy (non-hydrogen) atoms. The van der Waals surface area contributed by atoms with Crippen LogP contribution in [0.25, 0.3) is 5.70 Å². The van der Waals surface area contributed by atoms with Crippen molar-refractivity contribution in [3.63, 3.8) is 0 Å². The summed E-state index contributed by atoms with van der Waals surface area (Å²) >= 11 is 0. The maximum Gasteiger partial charge on any atom is 0.179 e. The Kier molecular flexibility index (Phi) is 8.73. The summed E-state index contributed by atoms with van der Waals surface area (Å²) in [5.74, 6) is 1.48. The Morgan fingerprint density at radius 1 is 1.03 bits per heavy atom. The lowest BCUT2D eigenvalue weighted by Gasteiger charge is -2.34. The molecule has 4 rings (SSSR count). The van der Waals surface area contributed by atoms with Crippen molar-refractivity contribution in [2.75, 3.05) is 69.2 Å². The van der Waals surface area contributed by atoms with Crippen LogP contribution in [0.5, 0.6) is 0 Å². The first-order valence-electron chi connectivity index (χ1n) is 13.3. The van der Waals surface area contributed by atoms with Gasteiger partial charge in [0.2, 0.25) is 0 Å². The average Bonchev–Trinajstić information content (AvgIpc) is 3.17. The quantitative estimate of drug-likeness (QED) is 0.443. The number of allylic oxidation sites excluding steroid dienone is 1. The van der Waals surface area contributed by atoms with Crippen LogP contribution in [0.15, 0.2) is 11.6 Å². The lowest BCUT2D eigenvalue weighted by atomic mass is 9.81. The van der Waals surface area contributed by atoms with Gasteiger partial charge in [0, 0.05) is 63.9 Å². The second-order valence-electron chi connectivity index (χ2n) is 10.1. The number of rotatable bonds is 7.